The molecule has 1 saturated heterocycles. The third-order valence-corrected chi connectivity index (χ3v) is 7.86. The summed E-state index contributed by atoms with van der Waals surface area (Å²) in [7, 11) is 0. The van der Waals surface area contributed by atoms with Gasteiger partial charge in [0, 0.05) is 35.8 Å². The van der Waals surface area contributed by atoms with Crippen LogP contribution >= 0.6 is 0 Å². The van der Waals surface area contributed by atoms with Crippen LogP contribution in [0.2, 0.25) is 0 Å². The fraction of sp³-hybridized carbons (Fsp3) is 0.333. The van der Waals surface area contributed by atoms with E-state index in [0.717, 1.165) is 16.5 Å². The molecular formula is C30H26N4O10. The molecule has 3 aromatic rings. The van der Waals surface area contributed by atoms with Crippen LogP contribution in [0.4, 0.5) is 0 Å². The molecule has 226 valence electrons. The van der Waals surface area contributed by atoms with Gasteiger partial charge in [-0.05, 0) is 24.6 Å². The largest absolute Gasteiger partial charge is 0.457 e. The van der Waals surface area contributed by atoms with E-state index in [4.69, 9.17) is 19.3 Å². The number of pyridine rings is 2. The molecule has 0 bridgehead atoms. The van der Waals surface area contributed by atoms with E-state index in [1.807, 2.05) is 30.3 Å². The van der Waals surface area contributed by atoms with Crippen LogP contribution in [0.5, 0.6) is 0 Å². The van der Waals surface area contributed by atoms with Gasteiger partial charge in [0.2, 0.25) is 11.5 Å². The van der Waals surface area contributed by atoms with Crippen LogP contribution in [-0.4, -0.2) is 56.8 Å². The smallest absolute Gasteiger partial charge is 0.355 e. The minimum Gasteiger partial charge on any atom is -0.457 e. The zero-order valence-electron chi connectivity index (χ0n) is 23.5. The predicted octanol–water partition coefficient (Wildman–Crippen LogP) is 1.13. The van der Waals surface area contributed by atoms with Crippen molar-refractivity contribution in [3.05, 3.63) is 63.4 Å². The van der Waals surface area contributed by atoms with Crippen molar-refractivity contribution >= 4 is 46.5 Å². The van der Waals surface area contributed by atoms with E-state index in [-0.39, 0.29) is 43.5 Å². The van der Waals surface area contributed by atoms with Crippen molar-refractivity contribution in [1.29, 1.82) is 0 Å². The summed E-state index contributed by atoms with van der Waals surface area (Å²) in [6.45, 7) is 0.946. The molecule has 3 aliphatic rings. The molecule has 1 fully saturated rings. The Morgan fingerprint density at radius 1 is 1.02 bits per heavy atom. The molecule has 14 nitrogen and oxygen atoms in total. The molecule has 3 amide bonds. The third-order valence-electron chi connectivity index (χ3n) is 7.86. The molecule has 0 saturated carbocycles. The molecule has 2 aromatic heterocycles. The summed E-state index contributed by atoms with van der Waals surface area (Å²) in [4.78, 5) is 96.6. The number of ether oxygens (including phenoxy) is 2. The van der Waals surface area contributed by atoms with Gasteiger partial charge < -0.3 is 24.2 Å². The van der Waals surface area contributed by atoms with E-state index in [0.29, 0.717) is 16.5 Å². The van der Waals surface area contributed by atoms with Crippen LogP contribution in [0.25, 0.3) is 22.3 Å². The van der Waals surface area contributed by atoms with Crippen LogP contribution in [0, 0.1) is 0 Å². The molecule has 0 radical (unpaired) electrons. The first-order valence-corrected chi connectivity index (χ1v) is 14.0. The SMILES string of the molecule is CC[C@@]1(OC(=O)CNC(=O)CCC(=O)ON2C(=O)CCC2=O)C(=O)OCc2c1cc1n(c2=O)Cc2cc3ccccc3nc2-1. The van der Waals surface area contributed by atoms with Gasteiger partial charge in [-0.3, -0.25) is 24.0 Å². The minimum absolute atomic E-state index is 0.0563. The molecule has 44 heavy (non-hydrogen) atoms. The van der Waals surface area contributed by atoms with E-state index in [1.54, 1.807) is 17.6 Å². The minimum atomic E-state index is -1.94. The fourth-order valence-electron chi connectivity index (χ4n) is 5.59. The highest BCUT2D eigenvalue weighted by Crippen LogP contribution is 2.40. The Labute approximate surface area is 248 Å². The number of carbonyl (C=O) groups is 6. The van der Waals surface area contributed by atoms with Gasteiger partial charge in [0.05, 0.1) is 35.4 Å². The zero-order valence-corrected chi connectivity index (χ0v) is 23.5. The lowest BCUT2D eigenvalue weighted by Crippen LogP contribution is -2.48. The van der Waals surface area contributed by atoms with Gasteiger partial charge in [-0.2, -0.15) is 0 Å². The first-order valence-electron chi connectivity index (χ1n) is 14.0. The maximum Gasteiger partial charge on any atom is 0.355 e. The normalized spacial score (nSPS) is 18.4. The molecular weight excluding hydrogens is 576 g/mol. The number of aromatic nitrogens is 2. The molecule has 6 rings (SSSR count). The molecule has 1 atom stereocenters. The number of carbonyl (C=O) groups excluding carboxylic acids is 6. The lowest BCUT2D eigenvalue weighted by Gasteiger charge is -2.35. The van der Waals surface area contributed by atoms with Crippen molar-refractivity contribution in [3.63, 3.8) is 0 Å². The Hall–Kier alpha value is -5.40. The van der Waals surface area contributed by atoms with Crippen molar-refractivity contribution in [2.24, 2.45) is 0 Å². The molecule has 5 heterocycles. The monoisotopic (exact) mass is 602 g/mol. The maximum absolute atomic E-state index is 13.6. The standard InChI is InChI=1S/C30H26N4O10/c1-2-30(43-26(39)13-31-22(35)7-10-25(38)44-34-23(36)8-9-24(34)37)19-12-21-27-17(11-16-5-3-4-6-20(16)32-27)14-33(21)28(40)18(19)15-42-29(30)41/h3-6,11-12H,2,7-10,13-15H2,1H3,(H,31,35)/t30-/m0/s1. The number of nitrogens with one attached hydrogen (secondary N) is 1. The second-order valence-electron chi connectivity index (χ2n) is 10.6. The van der Waals surface area contributed by atoms with Gasteiger partial charge in [-0.25, -0.2) is 14.6 Å². The Bertz CT molecular complexity index is 1830. The number of cyclic esters (lactones) is 1. The highest BCUT2D eigenvalue weighted by Gasteiger charge is 2.50. The Kier molecular flexibility index (Phi) is 7.19. The number of hydrogen-bond acceptors (Lipinski definition) is 11. The maximum atomic E-state index is 13.6. The van der Waals surface area contributed by atoms with E-state index in [2.05, 4.69) is 5.32 Å². The summed E-state index contributed by atoms with van der Waals surface area (Å²) in [5, 5.41) is 3.60. The zero-order chi connectivity index (χ0) is 31.2. The molecule has 0 spiro atoms. The van der Waals surface area contributed by atoms with Crippen LogP contribution in [-0.2, 0) is 61.8 Å². The number of benzene rings is 1. The van der Waals surface area contributed by atoms with Gasteiger partial charge in [0.1, 0.15) is 13.2 Å². The van der Waals surface area contributed by atoms with Gasteiger partial charge in [0.15, 0.2) is 0 Å². The van der Waals surface area contributed by atoms with Crippen LogP contribution in [0.15, 0.2) is 41.2 Å². The summed E-state index contributed by atoms with van der Waals surface area (Å²) >= 11 is 0. The Morgan fingerprint density at radius 3 is 2.52 bits per heavy atom. The topological polar surface area (TPSA) is 180 Å². The Morgan fingerprint density at radius 2 is 1.77 bits per heavy atom. The second kappa shape index (κ2) is 11.0. The third kappa shape index (κ3) is 4.87. The number of fused-ring (bicyclic) bond motifs is 5. The summed E-state index contributed by atoms with van der Waals surface area (Å²) in [5.41, 5.74) is 0.681. The van der Waals surface area contributed by atoms with E-state index >= 15 is 0 Å². The number of esters is 2. The van der Waals surface area contributed by atoms with Crippen molar-refractivity contribution in [2.45, 2.75) is 57.8 Å². The molecule has 0 aliphatic carbocycles. The molecule has 1 N–H and O–H groups in total. The van der Waals surface area contributed by atoms with Crippen LogP contribution < -0.4 is 10.9 Å². The van der Waals surface area contributed by atoms with Gasteiger partial charge in [0.25, 0.3) is 17.4 Å². The van der Waals surface area contributed by atoms with E-state index < -0.39 is 66.2 Å². The summed E-state index contributed by atoms with van der Waals surface area (Å²) in [5.74, 6) is -4.82. The number of amides is 3. The van der Waals surface area contributed by atoms with Crippen LogP contribution in [0.3, 0.4) is 0 Å². The average molecular weight is 603 g/mol. The molecule has 14 heteroatoms. The number of imide groups is 1. The van der Waals surface area contributed by atoms with Crippen molar-refractivity contribution < 1.29 is 43.1 Å². The predicted molar refractivity (Wildman–Crippen MR) is 148 cm³/mol. The van der Waals surface area contributed by atoms with Crippen molar-refractivity contribution in [1.82, 2.24) is 19.9 Å². The van der Waals surface area contributed by atoms with E-state index in [9.17, 15) is 33.6 Å². The molecule has 1 aromatic carbocycles. The number of hydrogen-bond donors (Lipinski definition) is 1. The first kappa shape index (κ1) is 28.7. The quantitative estimate of drug-likeness (QED) is 0.226. The van der Waals surface area contributed by atoms with Gasteiger partial charge in [-0.1, -0.05) is 25.1 Å². The van der Waals surface area contributed by atoms with Gasteiger partial charge in [-0.15, -0.1) is 5.06 Å². The number of hydroxylamine groups is 2. The second-order valence-corrected chi connectivity index (χ2v) is 10.6. The Balaban J connectivity index is 1.17. The highest BCUT2D eigenvalue weighted by molar-refractivity contribution is 6.01. The highest BCUT2D eigenvalue weighted by atomic mass is 16.7. The van der Waals surface area contributed by atoms with Crippen LogP contribution in [0.1, 0.15) is 55.7 Å². The van der Waals surface area contributed by atoms with Crippen molar-refractivity contribution in [2.75, 3.05) is 6.54 Å². The number of rotatable bonds is 8. The number of para-hydroxylation sites is 1. The first-order chi connectivity index (χ1) is 21.1. The summed E-state index contributed by atoms with van der Waals surface area (Å²) < 4.78 is 12.5. The average Bonchev–Trinajstić information content (AvgIpc) is 3.53. The lowest BCUT2D eigenvalue weighted by molar-refractivity contribution is -0.197. The van der Waals surface area contributed by atoms with E-state index in [1.165, 1.54) is 0 Å². The van der Waals surface area contributed by atoms with Gasteiger partial charge >= 0.3 is 17.9 Å². The lowest BCUT2D eigenvalue weighted by atomic mass is 9.85. The summed E-state index contributed by atoms with van der Waals surface area (Å²) in [6, 6.07) is 11.1. The van der Waals surface area contributed by atoms with Crippen molar-refractivity contribution in [3.8, 4) is 11.4 Å². The number of nitrogens with zero attached hydrogens (tertiary/aromatic N) is 3. The fourth-order valence-corrected chi connectivity index (χ4v) is 5.59. The summed E-state index contributed by atoms with van der Waals surface area (Å²) in [6.07, 6.45) is -1.05. The molecule has 3 aliphatic heterocycles. The molecule has 0 unspecified atom stereocenters.